The van der Waals surface area contributed by atoms with E-state index in [1.165, 1.54) is 0 Å². The molecule has 1 aliphatic heterocycles. The fourth-order valence-corrected chi connectivity index (χ4v) is 2.44. The van der Waals surface area contributed by atoms with E-state index < -0.39 is 6.04 Å². The molecule has 0 saturated carbocycles. The summed E-state index contributed by atoms with van der Waals surface area (Å²) in [7, 11) is 0. The molecule has 114 valence electrons. The minimum atomic E-state index is -0.457. The summed E-state index contributed by atoms with van der Waals surface area (Å²) in [5.74, 6) is -0.0376. The second kappa shape index (κ2) is 6.24. The lowest BCUT2D eigenvalue weighted by Crippen LogP contribution is -2.52. The lowest BCUT2D eigenvalue weighted by atomic mass is 9.86. The Kier molecular flexibility index (Phi) is 4.60. The predicted octanol–water partition coefficient (Wildman–Crippen LogP) is 1.39. The van der Waals surface area contributed by atoms with Gasteiger partial charge in [0.1, 0.15) is 6.04 Å². The molecule has 5 heteroatoms. The molecule has 21 heavy (non-hydrogen) atoms. The van der Waals surface area contributed by atoms with Crippen LogP contribution in [0, 0.1) is 5.41 Å². The van der Waals surface area contributed by atoms with Crippen LogP contribution in [0.1, 0.15) is 32.8 Å². The SMILES string of the molecule is CC(C)(C)C1NC(=O)CCN(CCc2cccnc2)C1=O. The summed E-state index contributed by atoms with van der Waals surface area (Å²) in [5, 5.41) is 2.85. The van der Waals surface area contributed by atoms with E-state index in [0.29, 0.717) is 19.5 Å². The minimum Gasteiger partial charge on any atom is -0.344 e. The second-order valence-electron chi connectivity index (χ2n) is 6.55. The molecule has 2 heterocycles. The molecule has 1 aromatic rings. The highest BCUT2D eigenvalue weighted by Gasteiger charge is 2.37. The molecule has 1 fully saturated rings. The van der Waals surface area contributed by atoms with Gasteiger partial charge in [-0.15, -0.1) is 0 Å². The molecule has 5 nitrogen and oxygen atoms in total. The van der Waals surface area contributed by atoms with Crippen molar-refractivity contribution in [1.29, 1.82) is 0 Å². The van der Waals surface area contributed by atoms with Gasteiger partial charge >= 0.3 is 0 Å². The topological polar surface area (TPSA) is 62.3 Å². The first-order chi connectivity index (χ1) is 9.88. The molecular weight excluding hydrogens is 266 g/mol. The fourth-order valence-electron chi connectivity index (χ4n) is 2.44. The molecule has 0 spiro atoms. The molecule has 0 aromatic carbocycles. The zero-order valence-electron chi connectivity index (χ0n) is 12.9. The first-order valence-electron chi connectivity index (χ1n) is 7.35. The fraction of sp³-hybridized carbons (Fsp3) is 0.562. The maximum absolute atomic E-state index is 12.7. The molecule has 0 bridgehead atoms. The van der Waals surface area contributed by atoms with Crippen LogP contribution in [0.2, 0.25) is 0 Å². The normalized spacial score (nSPS) is 20.1. The van der Waals surface area contributed by atoms with Gasteiger partial charge in [-0.1, -0.05) is 26.8 Å². The number of rotatable bonds is 3. The van der Waals surface area contributed by atoms with Crippen molar-refractivity contribution in [3.05, 3.63) is 30.1 Å². The first kappa shape index (κ1) is 15.5. The van der Waals surface area contributed by atoms with Crippen molar-refractivity contribution in [3.63, 3.8) is 0 Å². The Morgan fingerprint density at radius 3 is 2.76 bits per heavy atom. The molecule has 2 rings (SSSR count). The zero-order valence-corrected chi connectivity index (χ0v) is 12.9. The van der Waals surface area contributed by atoms with Crippen LogP contribution < -0.4 is 5.32 Å². The van der Waals surface area contributed by atoms with Gasteiger partial charge in [0.15, 0.2) is 0 Å². The standard InChI is InChI=1S/C16H23N3O2/c1-16(2,3)14-15(21)19(10-7-13(20)18-14)9-6-12-5-4-8-17-11-12/h4-5,8,11,14H,6-7,9-10H2,1-3H3,(H,18,20). The highest BCUT2D eigenvalue weighted by atomic mass is 16.2. The van der Waals surface area contributed by atoms with E-state index in [0.717, 1.165) is 12.0 Å². The smallest absolute Gasteiger partial charge is 0.245 e. The Morgan fingerprint density at radius 2 is 2.14 bits per heavy atom. The molecule has 1 N–H and O–H groups in total. The third-order valence-corrected chi connectivity index (χ3v) is 3.73. The monoisotopic (exact) mass is 289 g/mol. The van der Waals surface area contributed by atoms with Crippen molar-refractivity contribution in [1.82, 2.24) is 15.2 Å². The molecule has 1 atom stereocenters. The third kappa shape index (κ3) is 4.03. The Balaban J connectivity index is 2.07. The summed E-state index contributed by atoms with van der Waals surface area (Å²) < 4.78 is 0. The number of carbonyl (C=O) groups is 2. The number of pyridine rings is 1. The largest absolute Gasteiger partial charge is 0.344 e. The number of hydrogen-bond acceptors (Lipinski definition) is 3. The van der Waals surface area contributed by atoms with E-state index in [4.69, 9.17) is 0 Å². The van der Waals surface area contributed by atoms with Gasteiger partial charge in [-0.3, -0.25) is 14.6 Å². The van der Waals surface area contributed by atoms with Crippen LogP contribution in [0.3, 0.4) is 0 Å². The van der Waals surface area contributed by atoms with Crippen LogP contribution in [0.25, 0.3) is 0 Å². The van der Waals surface area contributed by atoms with Gasteiger partial charge in [0, 0.05) is 31.9 Å². The lowest BCUT2D eigenvalue weighted by Gasteiger charge is -2.32. The van der Waals surface area contributed by atoms with Crippen molar-refractivity contribution in [2.75, 3.05) is 13.1 Å². The molecule has 0 aliphatic carbocycles. The van der Waals surface area contributed by atoms with Crippen molar-refractivity contribution in [3.8, 4) is 0 Å². The van der Waals surface area contributed by atoms with Crippen molar-refractivity contribution < 1.29 is 9.59 Å². The molecule has 0 radical (unpaired) electrons. The van der Waals surface area contributed by atoms with E-state index in [2.05, 4.69) is 10.3 Å². The van der Waals surface area contributed by atoms with E-state index in [1.54, 1.807) is 11.1 Å². The number of amides is 2. The Bertz CT molecular complexity index is 508. The second-order valence-corrected chi connectivity index (χ2v) is 6.55. The van der Waals surface area contributed by atoms with Gasteiger partial charge in [0.25, 0.3) is 0 Å². The van der Waals surface area contributed by atoms with E-state index in [9.17, 15) is 9.59 Å². The minimum absolute atomic E-state index is 0.0113. The molecule has 2 amide bonds. The zero-order chi connectivity index (χ0) is 15.5. The van der Waals surface area contributed by atoms with Crippen LogP contribution in [-0.4, -0.2) is 40.8 Å². The first-order valence-corrected chi connectivity index (χ1v) is 7.35. The quantitative estimate of drug-likeness (QED) is 0.914. The Hall–Kier alpha value is -1.91. The Morgan fingerprint density at radius 1 is 1.38 bits per heavy atom. The van der Waals surface area contributed by atoms with Gasteiger partial charge in [-0.2, -0.15) is 0 Å². The summed E-state index contributed by atoms with van der Waals surface area (Å²) in [6.45, 7) is 7.02. The van der Waals surface area contributed by atoms with Crippen LogP contribution >= 0.6 is 0 Å². The average molecular weight is 289 g/mol. The molecule has 1 aliphatic rings. The third-order valence-electron chi connectivity index (χ3n) is 3.73. The molecule has 1 saturated heterocycles. The van der Waals surface area contributed by atoms with Crippen LogP contribution in [0.15, 0.2) is 24.5 Å². The highest BCUT2D eigenvalue weighted by molar-refractivity contribution is 5.90. The van der Waals surface area contributed by atoms with Gasteiger partial charge < -0.3 is 10.2 Å². The van der Waals surface area contributed by atoms with Crippen LogP contribution in [0.4, 0.5) is 0 Å². The van der Waals surface area contributed by atoms with Gasteiger partial charge in [-0.25, -0.2) is 0 Å². The van der Waals surface area contributed by atoms with Gasteiger partial charge in [0.2, 0.25) is 11.8 Å². The predicted molar refractivity (Wildman–Crippen MR) is 80.5 cm³/mol. The number of nitrogens with one attached hydrogen (secondary N) is 1. The number of aromatic nitrogens is 1. The lowest BCUT2D eigenvalue weighted by molar-refractivity contribution is -0.136. The van der Waals surface area contributed by atoms with E-state index in [-0.39, 0.29) is 17.2 Å². The van der Waals surface area contributed by atoms with E-state index in [1.807, 2.05) is 39.1 Å². The number of nitrogens with zero attached hydrogens (tertiary/aromatic N) is 2. The van der Waals surface area contributed by atoms with Crippen molar-refractivity contribution in [2.24, 2.45) is 5.41 Å². The maximum atomic E-state index is 12.7. The van der Waals surface area contributed by atoms with Crippen LogP contribution in [-0.2, 0) is 16.0 Å². The van der Waals surface area contributed by atoms with Gasteiger partial charge in [-0.05, 0) is 23.5 Å². The van der Waals surface area contributed by atoms with Crippen molar-refractivity contribution in [2.45, 2.75) is 39.7 Å². The summed E-state index contributed by atoms with van der Waals surface area (Å²) in [5.41, 5.74) is 0.810. The molecule has 1 unspecified atom stereocenters. The number of carbonyl (C=O) groups excluding carboxylic acids is 2. The van der Waals surface area contributed by atoms with Crippen LogP contribution in [0.5, 0.6) is 0 Å². The molecule has 1 aromatic heterocycles. The highest BCUT2D eigenvalue weighted by Crippen LogP contribution is 2.23. The van der Waals surface area contributed by atoms with E-state index >= 15 is 0 Å². The average Bonchev–Trinajstić information content (AvgIpc) is 2.57. The summed E-state index contributed by atoms with van der Waals surface area (Å²) in [6.07, 6.45) is 4.67. The summed E-state index contributed by atoms with van der Waals surface area (Å²) in [6, 6.07) is 3.43. The van der Waals surface area contributed by atoms with Gasteiger partial charge in [0.05, 0.1) is 0 Å². The Labute approximate surface area is 125 Å². The number of hydrogen-bond donors (Lipinski definition) is 1. The summed E-state index contributed by atoms with van der Waals surface area (Å²) in [4.78, 5) is 30.3. The molecular formula is C16H23N3O2. The maximum Gasteiger partial charge on any atom is 0.245 e. The van der Waals surface area contributed by atoms with Crippen molar-refractivity contribution >= 4 is 11.8 Å². The summed E-state index contributed by atoms with van der Waals surface area (Å²) >= 11 is 0.